The van der Waals surface area contributed by atoms with Crippen LogP contribution in [0.3, 0.4) is 0 Å². The number of rotatable bonds is 4. The fourth-order valence-corrected chi connectivity index (χ4v) is 2.01. The highest BCUT2D eigenvalue weighted by atomic mass is 79.9. The largest absolute Gasteiger partial charge is 0.472 e. The van der Waals surface area contributed by atoms with Crippen LogP contribution in [0.4, 0.5) is 0 Å². The molecule has 84 valence electrons. The number of halogens is 2. The van der Waals surface area contributed by atoms with Gasteiger partial charge in [-0.25, -0.2) is 0 Å². The van der Waals surface area contributed by atoms with Gasteiger partial charge in [0, 0.05) is 28.1 Å². The Kier molecular flexibility index (Phi) is 4.04. The van der Waals surface area contributed by atoms with E-state index in [1.807, 2.05) is 24.3 Å². The van der Waals surface area contributed by atoms with Gasteiger partial charge < -0.3 is 9.73 Å². The molecule has 0 saturated heterocycles. The smallest absolute Gasteiger partial charge is 0.0947 e. The highest BCUT2D eigenvalue weighted by Gasteiger charge is 2.01. The summed E-state index contributed by atoms with van der Waals surface area (Å²) < 4.78 is 6.03. The Morgan fingerprint density at radius 2 is 2.12 bits per heavy atom. The first-order valence-electron chi connectivity index (χ1n) is 4.91. The second-order valence-corrected chi connectivity index (χ2v) is 4.79. The lowest BCUT2D eigenvalue weighted by Crippen LogP contribution is -2.12. The van der Waals surface area contributed by atoms with Gasteiger partial charge in [0.2, 0.25) is 0 Å². The molecule has 0 aliphatic carbocycles. The van der Waals surface area contributed by atoms with Crippen LogP contribution in [0.5, 0.6) is 0 Å². The van der Waals surface area contributed by atoms with Gasteiger partial charge in [0.25, 0.3) is 0 Å². The molecule has 0 aliphatic rings. The zero-order chi connectivity index (χ0) is 11.4. The summed E-state index contributed by atoms with van der Waals surface area (Å²) in [5.41, 5.74) is 2.21. The Bertz CT molecular complexity index is 456. The Hall–Kier alpha value is -0.770. The highest BCUT2D eigenvalue weighted by molar-refractivity contribution is 9.10. The maximum Gasteiger partial charge on any atom is 0.0947 e. The number of furan rings is 1. The molecule has 2 nitrogen and oxygen atoms in total. The molecule has 1 N–H and O–H groups in total. The first-order chi connectivity index (χ1) is 7.75. The van der Waals surface area contributed by atoms with Crippen molar-refractivity contribution in [2.75, 3.05) is 0 Å². The topological polar surface area (TPSA) is 25.2 Å². The van der Waals surface area contributed by atoms with E-state index in [9.17, 15) is 0 Å². The van der Waals surface area contributed by atoms with Crippen LogP contribution in [-0.2, 0) is 13.1 Å². The monoisotopic (exact) mass is 299 g/mol. The Balaban J connectivity index is 1.92. The molecule has 2 aromatic rings. The van der Waals surface area contributed by atoms with Gasteiger partial charge in [-0.05, 0) is 29.8 Å². The summed E-state index contributed by atoms with van der Waals surface area (Å²) in [6, 6.07) is 7.78. The van der Waals surface area contributed by atoms with Crippen LogP contribution in [0, 0.1) is 0 Å². The molecule has 1 heterocycles. The zero-order valence-corrected chi connectivity index (χ0v) is 10.9. The van der Waals surface area contributed by atoms with E-state index in [2.05, 4.69) is 21.2 Å². The molecule has 0 aliphatic heterocycles. The molecule has 0 saturated carbocycles. The summed E-state index contributed by atoms with van der Waals surface area (Å²) >= 11 is 9.50. The van der Waals surface area contributed by atoms with Crippen molar-refractivity contribution in [1.29, 1.82) is 0 Å². The molecule has 0 unspecified atom stereocenters. The van der Waals surface area contributed by atoms with Gasteiger partial charge in [-0.2, -0.15) is 0 Å². The highest BCUT2D eigenvalue weighted by Crippen LogP contribution is 2.20. The first kappa shape index (κ1) is 11.7. The van der Waals surface area contributed by atoms with E-state index < -0.39 is 0 Å². The predicted molar refractivity (Wildman–Crippen MR) is 68.4 cm³/mol. The van der Waals surface area contributed by atoms with Crippen molar-refractivity contribution in [2.45, 2.75) is 13.1 Å². The molecule has 0 amide bonds. The zero-order valence-electron chi connectivity index (χ0n) is 8.54. The molecule has 4 heteroatoms. The predicted octanol–water partition coefficient (Wildman–Crippen LogP) is 3.99. The van der Waals surface area contributed by atoms with E-state index in [1.54, 1.807) is 12.5 Å². The maximum atomic E-state index is 6.08. The molecular weight excluding hydrogens is 289 g/mol. The summed E-state index contributed by atoms with van der Waals surface area (Å²) in [5.74, 6) is 0. The second kappa shape index (κ2) is 5.53. The number of nitrogens with one attached hydrogen (secondary N) is 1. The van der Waals surface area contributed by atoms with Gasteiger partial charge in [0.05, 0.1) is 12.5 Å². The Morgan fingerprint density at radius 1 is 1.25 bits per heavy atom. The van der Waals surface area contributed by atoms with Gasteiger partial charge in [0.15, 0.2) is 0 Å². The minimum atomic E-state index is 0.740. The lowest BCUT2D eigenvalue weighted by molar-refractivity contribution is 0.560. The van der Waals surface area contributed by atoms with Crippen LogP contribution in [0.1, 0.15) is 11.1 Å². The van der Waals surface area contributed by atoms with E-state index in [-0.39, 0.29) is 0 Å². The molecule has 0 radical (unpaired) electrons. The Labute approximate surface area is 108 Å². The normalized spacial score (nSPS) is 10.6. The van der Waals surface area contributed by atoms with Crippen molar-refractivity contribution in [2.24, 2.45) is 0 Å². The third kappa shape index (κ3) is 3.11. The van der Waals surface area contributed by atoms with Crippen LogP contribution < -0.4 is 5.32 Å². The molecular formula is C12H11BrClNO. The molecule has 0 atom stereocenters. The van der Waals surface area contributed by atoms with Gasteiger partial charge in [-0.15, -0.1) is 0 Å². The molecule has 16 heavy (non-hydrogen) atoms. The molecule has 2 rings (SSSR count). The lowest BCUT2D eigenvalue weighted by atomic mass is 10.2. The number of hydrogen-bond donors (Lipinski definition) is 1. The third-order valence-corrected chi connectivity index (χ3v) is 3.09. The quantitative estimate of drug-likeness (QED) is 0.924. The van der Waals surface area contributed by atoms with Crippen molar-refractivity contribution in [3.8, 4) is 0 Å². The van der Waals surface area contributed by atoms with Crippen molar-refractivity contribution in [3.05, 3.63) is 57.4 Å². The maximum absolute atomic E-state index is 6.08. The average molecular weight is 301 g/mol. The summed E-state index contributed by atoms with van der Waals surface area (Å²) in [5, 5.41) is 4.09. The molecule has 1 aromatic heterocycles. The molecule has 1 aromatic carbocycles. The van der Waals surface area contributed by atoms with Crippen molar-refractivity contribution >= 4 is 27.5 Å². The standard InChI is InChI=1S/C12H11BrClNO/c13-11-1-2-12(14)10(5-11)7-15-6-9-3-4-16-8-9/h1-5,8,15H,6-7H2. The Morgan fingerprint density at radius 3 is 2.88 bits per heavy atom. The minimum absolute atomic E-state index is 0.740. The van der Waals surface area contributed by atoms with E-state index >= 15 is 0 Å². The number of hydrogen-bond acceptors (Lipinski definition) is 2. The minimum Gasteiger partial charge on any atom is -0.472 e. The van der Waals surface area contributed by atoms with E-state index in [4.69, 9.17) is 16.0 Å². The summed E-state index contributed by atoms with van der Waals surface area (Å²) in [6.07, 6.45) is 3.40. The summed E-state index contributed by atoms with van der Waals surface area (Å²) in [6.45, 7) is 1.52. The fourth-order valence-electron chi connectivity index (χ4n) is 1.41. The van der Waals surface area contributed by atoms with Crippen molar-refractivity contribution < 1.29 is 4.42 Å². The van der Waals surface area contributed by atoms with E-state index in [0.717, 1.165) is 33.7 Å². The van der Waals surface area contributed by atoms with Gasteiger partial charge >= 0.3 is 0 Å². The van der Waals surface area contributed by atoms with Crippen LogP contribution in [0.25, 0.3) is 0 Å². The summed E-state index contributed by atoms with van der Waals surface area (Å²) in [4.78, 5) is 0. The first-order valence-corrected chi connectivity index (χ1v) is 6.08. The molecule has 0 fully saturated rings. The van der Waals surface area contributed by atoms with Gasteiger partial charge in [-0.3, -0.25) is 0 Å². The average Bonchev–Trinajstić information content (AvgIpc) is 2.76. The molecule has 0 spiro atoms. The van der Waals surface area contributed by atoms with Crippen LogP contribution in [0.15, 0.2) is 45.7 Å². The SMILES string of the molecule is Clc1ccc(Br)cc1CNCc1ccoc1. The van der Waals surface area contributed by atoms with Gasteiger partial charge in [0.1, 0.15) is 0 Å². The molecule has 0 bridgehead atoms. The fraction of sp³-hybridized carbons (Fsp3) is 0.167. The third-order valence-electron chi connectivity index (χ3n) is 2.23. The van der Waals surface area contributed by atoms with Crippen molar-refractivity contribution in [3.63, 3.8) is 0 Å². The van der Waals surface area contributed by atoms with Crippen LogP contribution in [-0.4, -0.2) is 0 Å². The number of benzene rings is 1. The van der Waals surface area contributed by atoms with Crippen LogP contribution >= 0.6 is 27.5 Å². The van der Waals surface area contributed by atoms with Crippen molar-refractivity contribution in [1.82, 2.24) is 5.32 Å². The van der Waals surface area contributed by atoms with Crippen LogP contribution in [0.2, 0.25) is 5.02 Å². The summed E-state index contributed by atoms with van der Waals surface area (Å²) in [7, 11) is 0. The van der Waals surface area contributed by atoms with E-state index in [1.165, 1.54) is 0 Å². The van der Waals surface area contributed by atoms with Gasteiger partial charge in [-0.1, -0.05) is 27.5 Å². The second-order valence-electron chi connectivity index (χ2n) is 3.47. The van der Waals surface area contributed by atoms with E-state index in [0.29, 0.717) is 0 Å². The lowest BCUT2D eigenvalue weighted by Gasteiger charge is -2.06.